The Kier molecular flexibility index (Phi) is 24.4. The third-order valence-corrected chi connectivity index (χ3v) is 3.86. The van der Waals surface area contributed by atoms with Crippen LogP contribution in [0, 0.1) is 0 Å². The van der Waals surface area contributed by atoms with Crippen LogP contribution in [0.2, 0.25) is 0 Å². The van der Waals surface area contributed by atoms with Gasteiger partial charge in [0.15, 0.2) is 0 Å². The lowest BCUT2D eigenvalue weighted by molar-refractivity contribution is 0.341. The van der Waals surface area contributed by atoms with Crippen molar-refractivity contribution < 1.29 is 8.39 Å². The summed E-state index contributed by atoms with van der Waals surface area (Å²) >= 11 is 4.39. The van der Waals surface area contributed by atoms with E-state index in [0.717, 1.165) is 6.42 Å². The zero-order valence-corrected chi connectivity index (χ0v) is 15.6. The van der Waals surface area contributed by atoms with E-state index in [2.05, 4.69) is 32.0 Å². The Bertz CT molecular complexity index is 215. The van der Waals surface area contributed by atoms with Crippen LogP contribution in [0.3, 0.4) is 0 Å². The molecule has 0 aromatic carbocycles. The summed E-state index contributed by atoms with van der Waals surface area (Å²) in [4.78, 5) is 0. The second-order valence-corrected chi connectivity index (χ2v) is 6.84. The molecule has 0 aliphatic rings. The first-order valence-electron chi connectivity index (χ1n) is 8.46. The van der Waals surface area contributed by atoms with Crippen molar-refractivity contribution in [1.29, 1.82) is 0 Å². The summed E-state index contributed by atoms with van der Waals surface area (Å²) in [5.74, 6) is 0. The average Bonchev–Trinajstić information content (AvgIpc) is 2.43. The van der Waals surface area contributed by atoms with Gasteiger partial charge < -0.3 is 0 Å². The molecular formula is C16H36O2S2. The van der Waals surface area contributed by atoms with Gasteiger partial charge in [-0.1, -0.05) is 91.4 Å². The lowest BCUT2D eigenvalue weighted by Gasteiger charge is -1.98. The van der Waals surface area contributed by atoms with Crippen LogP contribution in [0.15, 0.2) is 0 Å². The summed E-state index contributed by atoms with van der Waals surface area (Å²) < 4.78 is 15.1. The first-order valence-corrected chi connectivity index (χ1v) is 10.6. The van der Waals surface area contributed by atoms with E-state index in [9.17, 15) is 4.21 Å². The highest BCUT2D eigenvalue weighted by Crippen LogP contribution is 2.04. The molecule has 2 nitrogen and oxygen atoms in total. The first-order chi connectivity index (χ1) is 9.68. The van der Waals surface area contributed by atoms with E-state index in [1.54, 1.807) is 0 Å². The van der Waals surface area contributed by atoms with Crippen molar-refractivity contribution in [3.63, 3.8) is 0 Å². The van der Waals surface area contributed by atoms with Gasteiger partial charge in [0.2, 0.25) is 0 Å². The molecule has 0 aliphatic heterocycles. The predicted molar refractivity (Wildman–Crippen MR) is 95.3 cm³/mol. The second-order valence-electron chi connectivity index (χ2n) is 5.24. The minimum Gasteiger partial charge on any atom is -0.292 e. The minimum absolute atomic E-state index is 0.560. The Hall–Kier alpha value is 0.330. The van der Waals surface area contributed by atoms with E-state index in [1.165, 1.54) is 70.6 Å². The van der Waals surface area contributed by atoms with Gasteiger partial charge in [0, 0.05) is 11.2 Å². The Morgan fingerprint density at radius 2 is 1.05 bits per heavy atom. The molecule has 1 unspecified atom stereocenters. The number of thiol groups is 1. The predicted octanol–water partition coefficient (Wildman–Crippen LogP) is 5.59. The molecule has 0 aliphatic carbocycles. The maximum absolute atomic E-state index is 10.3. The summed E-state index contributed by atoms with van der Waals surface area (Å²) in [5, 5.41) is 0. The van der Waals surface area contributed by atoms with Crippen molar-refractivity contribution in [1.82, 2.24) is 0 Å². The van der Waals surface area contributed by atoms with E-state index in [0.29, 0.717) is 6.61 Å². The summed E-state index contributed by atoms with van der Waals surface area (Å²) in [7, 11) is -1.79. The molecular weight excluding hydrogens is 288 g/mol. The maximum atomic E-state index is 10.3. The van der Waals surface area contributed by atoms with Crippen LogP contribution in [0.4, 0.5) is 0 Å². The molecule has 4 heteroatoms. The van der Waals surface area contributed by atoms with Crippen molar-refractivity contribution in [3.8, 4) is 0 Å². The van der Waals surface area contributed by atoms with Gasteiger partial charge in [-0.2, -0.15) is 0 Å². The highest BCUT2D eigenvalue weighted by atomic mass is 32.8. The zero-order valence-electron chi connectivity index (χ0n) is 13.9. The van der Waals surface area contributed by atoms with Crippen LogP contribution in [0.5, 0.6) is 0 Å². The van der Waals surface area contributed by atoms with Gasteiger partial charge >= 0.3 is 0 Å². The fourth-order valence-corrected chi connectivity index (χ4v) is 2.38. The molecule has 0 N–H and O–H groups in total. The third kappa shape index (κ3) is 26.8. The molecule has 0 aromatic heterocycles. The first kappa shape index (κ1) is 22.6. The fraction of sp³-hybridized carbons (Fsp3) is 1.00. The standard InChI is InChI=1S/C8H18O2S2.C8H18/c1-2-3-4-5-6-7-8-10-12(9)11;1-3-5-7-8-6-4-2/h12H,2-8H2,1H3;3-8H2,1-2H3. The number of hydrogen-bond donors (Lipinski definition) is 1. The van der Waals surface area contributed by atoms with Crippen LogP contribution in [-0.4, -0.2) is 10.8 Å². The Labute approximate surface area is 134 Å². The van der Waals surface area contributed by atoms with Crippen LogP contribution in [0.1, 0.15) is 97.8 Å². The molecule has 0 fully saturated rings. The quantitative estimate of drug-likeness (QED) is 0.353. The van der Waals surface area contributed by atoms with Crippen LogP contribution >= 0.6 is 0 Å². The monoisotopic (exact) mass is 324 g/mol. The van der Waals surface area contributed by atoms with Crippen molar-refractivity contribution in [3.05, 3.63) is 0 Å². The smallest absolute Gasteiger partial charge is 0.133 e. The van der Waals surface area contributed by atoms with Gasteiger partial charge in [-0.05, 0) is 6.42 Å². The highest BCUT2D eigenvalue weighted by Gasteiger charge is 1.90. The van der Waals surface area contributed by atoms with Crippen molar-refractivity contribution in [2.75, 3.05) is 6.61 Å². The van der Waals surface area contributed by atoms with Crippen LogP contribution in [0.25, 0.3) is 0 Å². The molecule has 0 bridgehead atoms. The lowest BCUT2D eigenvalue weighted by atomic mass is 10.1. The van der Waals surface area contributed by atoms with Gasteiger partial charge in [-0.25, -0.2) is 4.21 Å². The molecule has 0 spiro atoms. The van der Waals surface area contributed by atoms with Crippen molar-refractivity contribution in [2.45, 2.75) is 97.8 Å². The van der Waals surface area contributed by atoms with Crippen LogP contribution < -0.4 is 0 Å². The molecule has 0 saturated carbocycles. The number of rotatable bonds is 13. The number of unbranched alkanes of at least 4 members (excludes halogenated alkanes) is 10. The van der Waals surface area contributed by atoms with E-state index in [-0.39, 0.29) is 0 Å². The molecule has 0 saturated heterocycles. The molecule has 1 atom stereocenters. The van der Waals surface area contributed by atoms with Gasteiger partial charge in [0.25, 0.3) is 0 Å². The summed E-state index contributed by atoms with van der Waals surface area (Å²) in [6, 6.07) is 0. The van der Waals surface area contributed by atoms with Crippen LogP contribution in [-0.2, 0) is 25.0 Å². The molecule has 0 aromatic rings. The number of hydrogen-bond acceptors (Lipinski definition) is 3. The van der Waals surface area contributed by atoms with E-state index >= 15 is 0 Å². The van der Waals surface area contributed by atoms with Crippen molar-refractivity contribution in [2.24, 2.45) is 0 Å². The topological polar surface area (TPSA) is 26.3 Å². The molecule has 0 rings (SSSR count). The van der Waals surface area contributed by atoms with Crippen molar-refractivity contribution >= 4 is 20.8 Å². The highest BCUT2D eigenvalue weighted by molar-refractivity contribution is 8.19. The summed E-state index contributed by atoms with van der Waals surface area (Å²) in [5.41, 5.74) is 0. The Balaban J connectivity index is 0. The van der Waals surface area contributed by atoms with Gasteiger partial charge in [-0.15, -0.1) is 0 Å². The van der Waals surface area contributed by atoms with Gasteiger partial charge in [0.05, 0.1) is 6.61 Å². The minimum atomic E-state index is -1.79. The SMILES string of the molecule is CCCCCCCC.CCCCCCCCO[SH](=O)=S. The van der Waals surface area contributed by atoms with E-state index in [4.69, 9.17) is 4.18 Å². The largest absolute Gasteiger partial charge is 0.292 e. The van der Waals surface area contributed by atoms with Gasteiger partial charge in [-0.3, -0.25) is 4.18 Å². The van der Waals surface area contributed by atoms with E-state index in [1.807, 2.05) is 0 Å². The average molecular weight is 325 g/mol. The Morgan fingerprint density at radius 3 is 1.40 bits per heavy atom. The lowest BCUT2D eigenvalue weighted by Crippen LogP contribution is -1.91. The molecule has 0 radical (unpaired) electrons. The zero-order chi connectivity index (χ0) is 15.5. The maximum Gasteiger partial charge on any atom is 0.133 e. The van der Waals surface area contributed by atoms with Gasteiger partial charge in [0.1, 0.15) is 9.64 Å². The van der Waals surface area contributed by atoms with E-state index < -0.39 is 9.64 Å². The molecule has 20 heavy (non-hydrogen) atoms. The summed E-state index contributed by atoms with van der Waals surface area (Å²) in [6.07, 6.45) is 15.8. The Morgan fingerprint density at radius 1 is 0.700 bits per heavy atom. The fourth-order valence-electron chi connectivity index (χ4n) is 1.88. The second kappa shape index (κ2) is 21.6. The summed E-state index contributed by atoms with van der Waals surface area (Å²) in [6.45, 7) is 7.27. The third-order valence-electron chi connectivity index (χ3n) is 3.15. The molecule has 124 valence electrons. The molecule has 0 amide bonds. The molecule has 0 heterocycles. The normalized spacial score (nSPS) is 11.8.